The van der Waals surface area contributed by atoms with Crippen molar-refractivity contribution in [2.75, 3.05) is 13.1 Å². The van der Waals surface area contributed by atoms with Crippen LogP contribution in [0.2, 0.25) is 0 Å². The van der Waals surface area contributed by atoms with E-state index in [1.807, 2.05) is 6.92 Å². The molecule has 2 nitrogen and oxygen atoms in total. The third-order valence-corrected chi connectivity index (χ3v) is 3.30. The Morgan fingerprint density at radius 2 is 1.80 bits per heavy atom. The highest BCUT2D eigenvalue weighted by Crippen LogP contribution is 2.41. The van der Waals surface area contributed by atoms with E-state index in [2.05, 4.69) is 5.32 Å². The topological polar surface area (TPSA) is 32.3 Å². The Hall–Kier alpha value is -0.0800. The summed E-state index contributed by atoms with van der Waals surface area (Å²) >= 11 is 0. The van der Waals surface area contributed by atoms with Crippen LogP contribution in [0.5, 0.6) is 0 Å². The van der Waals surface area contributed by atoms with Gasteiger partial charge in [0, 0.05) is 24.9 Å². The first kappa shape index (κ1) is 6.62. The molecule has 0 aromatic heterocycles. The highest BCUT2D eigenvalue weighted by Gasteiger charge is 2.47. The van der Waals surface area contributed by atoms with Crippen molar-refractivity contribution in [2.45, 2.75) is 25.4 Å². The van der Waals surface area contributed by atoms with Gasteiger partial charge in [-0.3, -0.25) is 0 Å². The molecule has 1 saturated carbocycles. The zero-order valence-corrected chi connectivity index (χ0v) is 6.43. The maximum absolute atomic E-state index is 9.93. The predicted octanol–water partition coefficient (Wildman–Crippen LogP) is 0.367. The van der Waals surface area contributed by atoms with Gasteiger partial charge in [-0.15, -0.1) is 0 Å². The Balaban J connectivity index is 2.21. The maximum atomic E-state index is 9.93. The second-order valence-electron chi connectivity index (χ2n) is 3.86. The number of piperidine rings is 1. The molecule has 2 aliphatic rings. The van der Waals surface area contributed by atoms with Crippen molar-refractivity contribution in [2.24, 2.45) is 11.8 Å². The quantitative estimate of drug-likeness (QED) is 0.510. The third kappa shape index (κ3) is 0.722. The van der Waals surface area contributed by atoms with Gasteiger partial charge in [-0.1, -0.05) is 0 Å². The highest BCUT2D eigenvalue weighted by atomic mass is 16.3. The molecule has 58 valence electrons. The van der Waals surface area contributed by atoms with E-state index in [9.17, 15) is 5.11 Å². The Morgan fingerprint density at radius 1 is 1.30 bits per heavy atom. The van der Waals surface area contributed by atoms with Crippen molar-refractivity contribution in [3.05, 3.63) is 0 Å². The number of aliphatic hydroxyl groups is 1. The lowest BCUT2D eigenvalue weighted by atomic mass is 9.83. The monoisotopic (exact) mass is 141 g/mol. The minimum absolute atomic E-state index is 0.356. The molecule has 0 spiro atoms. The summed E-state index contributed by atoms with van der Waals surface area (Å²) in [5.74, 6) is 1.04. The van der Waals surface area contributed by atoms with Crippen LogP contribution >= 0.6 is 0 Å². The van der Waals surface area contributed by atoms with E-state index in [4.69, 9.17) is 0 Å². The number of fused-ring (bicyclic) bond motifs is 2. The SMILES string of the molecule is CC1(O)C2CC[C@@H]1CNC2. The summed E-state index contributed by atoms with van der Waals surface area (Å²) in [6.45, 7) is 4.03. The van der Waals surface area contributed by atoms with Gasteiger partial charge in [-0.2, -0.15) is 0 Å². The smallest absolute Gasteiger partial charge is 0.0700 e. The third-order valence-electron chi connectivity index (χ3n) is 3.30. The van der Waals surface area contributed by atoms with E-state index in [-0.39, 0.29) is 5.60 Å². The van der Waals surface area contributed by atoms with Gasteiger partial charge < -0.3 is 10.4 Å². The molecular weight excluding hydrogens is 126 g/mol. The molecule has 2 rings (SSSR count). The second-order valence-corrected chi connectivity index (χ2v) is 3.86. The van der Waals surface area contributed by atoms with Gasteiger partial charge >= 0.3 is 0 Å². The Labute approximate surface area is 61.6 Å². The second kappa shape index (κ2) is 1.95. The van der Waals surface area contributed by atoms with Crippen molar-refractivity contribution in [1.82, 2.24) is 5.32 Å². The molecule has 2 fully saturated rings. The first-order valence-corrected chi connectivity index (χ1v) is 4.14. The van der Waals surface area contributed by atoms with E-state index in [0.717, 1.165) is 13.1 Å². The molecule has 1 aliphatic heterocycles. The fourth-order valence-electron chi connectivity index (χ4n) is 2.37. The maximum Gasteiger partial charge on any atom is 0.0700 e. The number of hydrogen-bond acceptors (Lipinski definition) is 2. The fraction of sp³-hybridized carbons (Fsp3) is 1.00. The van der Waals surface area contributed by atoms with Crippen LogP contribution in [0.25, 0.3) is 0 Å². The number of rotatable bonds is 0. The predicted molar refractivity (Wildman–Crippen MR) is 39.7 cm³/mol. The Morgan fingerprint density at radius 3 is 2.20 bits per heavy atom. The standard InChI is InChI=1S/C8H15NO/c1-8(10)6-2-3-7(8)5-9-4-6/h6-7,9-10H,2-5H2,1H3/t6-,7?,8?/m1/s1. The molecule has 2 bridgehead atoms. The van der Waals surface area contributed by atoms with Gasteiger partial charge in [-0.25, -0.2) is 0 Å². The van der Waals surface area contributed by atoms with E-state index < -0.39 is 0 Å². The average Bonchev–Trinajstić information content (AvgIpc) is 2.17. The van der Waals surface area contributed by atoms with Gasteiger partial charge in [0.25, 0.3) is 0 Å². The van der Waals surface area contributed by atoms with Crippen LogP contribution < -0.4 is 5.32 Å². The highest BCUT2D eigenvalue weighted by molar-refractivity contribution is 5.00. The molecular formula is C8H15NO. The molecule has 2 N–H and O–H groups in total. The lowest BCUT2D eigenvalue weighted by Crippen LogP contribution is -2.50. The first-order chi connectivity index (χ1) is 4.71. The fourth-order valence-corrected chi connectivity index (χ4v) is 2.37. The zero-order chi connectivity index (χ0) is 7.19. The lowest BCUT2D eigenvalue weighted by molar-refractivity contribution is -0.0342. The van der Waals surface area contributed by atoms with E-state index >= 15 is 0 Å². The Bertz CT molecular complexity index is 126. The summed E-state index contributed by atoms with van der Waals surface area (Å²) in [6.07, 6.45) is 2.43. The average molecular weight is 141 g/mol. The van der Waals surface area contributed by atoms with E-state index in [1.165, 1.54) is 12.8 Å². The Kier molecular flexibility index (Phi) is 1.29. The molecule has 1 saturated heterocycles. The van der Waals surface area contributed by atoms with Crippen LogP contribution in [-0.4, -0.2) is 23.8 Å². The summed E-state index contributed by atoms with van der Waals surface area (Å²) in [5, 5.41) is 13.3. The summed E-state index contributed by atoms with van der Waals surface area (Å²) < 4.78 is 0. The molecule has 1 heterocycles. The summed E-state index contributed by atoms with van der Waals surface area (Å²) in [5.41, 5.74) is -0.356. The van der Waals surface area contributed by atoms with Crippen LogP contribution in [-0.2, 0) is 0 Å². The summed E-state index contributed by atoms with van der Waals surface area (Å²) in [4.78, 5) is 0. The van der Waals surface area contributed by atoms with Gasteiger partial charge in [0.1, 0.15) is 0 Å². The van der Waals surface area contributed by atoms with Gasteiger partial charge in [-0.05, 0) is 19.8 Å². The van der Waals surface area contributed by atoms with E-state index in [1.54, 1.807) is 0 Å². The van der Waals surface area contributed by atoms with Crippen LogP contribution in [0, 0.1) is 11.8 Å². The van der Waals surface area contributed by atoms with Crippen LogP contribution in [0.15, 0.2) is 0 Å². The van der Waals surface area contributed by atoms with Crippen LogP contribution in [0.1, 0.15) is 19.8 Å². The van der Waals surface area contributed by atoms with Crippen LogP contribution in [0.3, 0.4) is 0 Å². The molecule has 3 atom stereocenters. The largest absolute Gasteiger partial charge is 0.390 e. The molecule has 0 amide bonds. The first-order valence-electron chi connectivity index (χ1n) is 4.14. The van der Waals surface area contributed by atoms with Crippen molar-refractivity contribution in [3.8, 4) is 0 Å². The van der Waals surface area contributed by atoms with Gasteiger partial charge in [0.2, 0.25) is 0 Å². The van der Waals surface area contributed by atoms with Gasteiger partial charge in [0.15, 0.2) is 0 Å². The molecule has 0 aromatic carbocycles. The summed E-state index contributed by atoms with van der Waals surface area (Å²) in [7, 11) is 0. The number of nitrogens with one attached hydrogen (secondary N) is 1. The van der Waals surface area contributed by atoms with Gasteiger partial charge in [0.05, 0.1) is 5.60 Å². The van der Waals surface area contributed by atoms with Crippen molar-refractivity contribution < 1.29 is 5.11 Å². The molecule has 10 heavy (non-hydrogen) atoms. The van der Waals surface area contributed by atoms with Crippen molar-refractivity contribution >= 4 is 0 Å². The molecule has 2 unspecified atom stereocenters. The van der Waals surface area contributed by atoms with Crippen LogP contribution in [0.4, 0.5) is 0 Å². The normalized spacial score (nSPS) is 53.4. The molecule has 2 heteroatoms. The minimum Gasteiger partial charge on any atom is -0.390 e. The summed E-state index contributed by atoms with van der Waals surface area (Å²) in [6, 6.07) is 0. The molecule has 1 aliphatic carbocycles. The molecule has 0 radical (unpaired) electrons. The zero-order valence-electron chi connectivity index (χ0n) is 6.43. The lowest BCUT2D eigenvalue weighted by Gasteiger charge is -2.36. The van der Waals surface area contributed by atoms with Crippen molar-refractivity contribution in [1.29, 1.82) is 0 Å². The minimum atomic E-state index is -0.356. The number of hydrogen-bond donors (Lipinski definition) is 2. The van der Waals surface area contributed by atoms with Crippen molar-refractivity contribution in [3.63, 3.8) is 0 Å². The molecule has 0 aromatic rings. The van der Waals surface area contributed by atoms with E-state index in [0.29, 0.717) is 11.8 Å².